The number of carbonyl (C=O) groups is 1. The molecule has 1 aromatic heterocycles. The number of benzene rings is 1. The third-order valence-corrected chi connectivity index (χ3v) is 5.52. The fourth-order valence-electron chi connectivity index (χ4n) is 3.00. The summed E-state index contributed by atoms with van der Waals surface area (Å²) in [4.78, 5) is 18.7. The highest BCUT2D eigenvalue weighted by Gasteiger charge is 2.34. The highest BCUT2D eigenvalue weighted by molar-refractivity contribution is 7.99. The van der Waals surface area contributed by atoms with Gasteiger partial charge in [-0.05, 0) is 11.6 Å². The zero-order valence-electron chi connectivity index (χ0n) is 15.1. The molecule has 0 spiro atoms. The van der Waals surface area contributed by atoms with E-state index in [2.05, 4.69) is 4.98 Å². The molecule has 0 radical (unpaired) electrons. The van der Waals surface area contributed by atoms with E-state index in [1.807, 2.05) is 29.2 Å². The highest BCUT2D eigenvalue weighted by atomic mass is 32.2. The largest absolute Gasteiger partial charge is 0.496 e. The van der Waals surface area contributed by atoms with Crippen LogP contribution in [0.3, 0.4) is 0 Å². The summed E-state index contributed by atoms with van der Waals surface area (Å²) < 4.78 is 16.5. The van der Waals surface area contributed by atoms with Gasteiger partial charge < -0.3 is 19.1 Å². The van der Waals surface area contributed by atoms with Crippen LogP contribution in [0.2, 0.25) is 0 Å². The smallest absolute Gasteiger partial charge is 0.224 e. The molecule has 1 fully saturated rings. The molecule has 7 heteroatoms. The molecular formula is C19H22N2O4S. The maximum Gasteiger partial charge on any atom is 0.224 e. The summed E-state index contributed by atoms with van der Waals surface area (Å²) in [6.45, 7) is 0.489. The van der Waals surface area contributed by atoms with Crippen LogP contribution in [0, 0.1) is 0 Å². The Bertz CT molecular complexity index is 744. The Labute approximate surface area is 157 Å². The lowest BCUT2D eigenvalue weighted by molar-refractivity contribution is -0.132. The van der Waals surface area contributed by atoms with Crippen molar-refractivity contribution in [2.75, 3.05) is 27.1 Å². The number of aromatic nitrogens is 1. The van der Waals surface area contributed by atoms with E-state index in [9.17, 15) is 4.79 Å². The van der Waals surface area contributed by atoms with E-state index in [0.717, 1.165) is 16.9 Å². The molecule has 3 rings (SSSR count). The second kappa shape index (κ2) is 8.31. The third-order valence-electron chi connectivity index (χ3n) is 4.27. The van der Waals surface area contributed by atoms with Crippen LogP contribution in [0.1, 0.15) is 22.9 Å². The van der Waals surface area contributed by atoms with Crippen LogP contribution in [-0.4, -0.2) is 42.9 Å². The van der Waals surface area contributed by atoms with E-state index < -0.39 is 0 Å². The molecule has 1 unspecified atom stereocenters. The van der Waals surface area contributed by atoms with Crippen molar-refractivity contribution >= 4 is 17.7 Å². The highest BCUT2D eigenvalue weighted by Crippen LogP contribution is 2.47. The van der Waals surface area contributed by atoms with Crippen LogP contribution in [0.5, 0.6) is 17.2 Å². The molecule has 0 aliphatic carbocycles. The third kappa shape index (κ3) is 3.72. The second-order valence-corrected chi connectivity index (χ2v) is 6.99. The van der Waals surface area contributed by atoms with Gasteiger partial charge in [0.05, 0.1) is 26.9 Å². The van der Waals surface area contributed by atoms with Gasteiger partial charge in [0.15, 0.2) is 0 Å². The molecule has 1 amide bonds. The quantitative estimate of drug-likeness (QED) is 0.773. The van der Waals surface area contributed by atoms with E-state index >= 15 is 0 Å². The molecule has 1 aliphatic heterocycles. The van der Waals surface area contributed by atoms with Crippen molar-refractivity contribution in [3.63, 3.8) is 0 Å². The number of hydrogen-bond donors (Lipinski definition) is 0. The zero-order chi connectivity index (χ0) is 18.5. The number of carbonyl (C=O) groups excluding carboxylic acids is 1. The molecule has 0 bridgehead atoms. The lowest BCUT2D eigenvalue weighted by Crippen LogP contribution is -2.37. The molecule has 2 heterocycles. The van der Waals surface area contributed by atoms with Crippen molar-refractivity contribution in [2.24, 2.45) is 0 Å². The van der Waals surface area contributed by atoms with Crippen molar-refractivity contribution in [1.29, 1.82) is 0 Å². The van der Waals surface area contributed by atoms with Crippen LogP contribution in [0.4, 0.5) is 0 Å². The molecule has 138 valence electrons. The minimum atomic E-state index is -0.202. The Morgan fingerprint density at radius 3 is 2.50 bits per heavy atom. The minimum Gasteiger partial charge on any atom is -0.496 e. The molecule has 26 heavy (non-hydrogen) atoms. The summed E-state index contributed by atoms with van der Waals surface area (Å²) in [5, 5.41) is -0.202. The molecule has 1 saturated heterocycles. The van der Waals surface area contributed by atoms with Crippen molar-refractivity contribution in [3.05, 3.63) is 47.8 Å². The molecule has 1 atom stereocenters. The summed E-state index contributed by atoms with van der Waals surface area (Å²) >= 11 is 1.70. The maximum atomic E-state index is 12.7. The van der Waals surface area contributed by atoms with Crippen LogP contribution in [-0.2, 0) is 11.3 Å². The Kier molecular flexibility index (Phi) is 5.88. The second-order valence-electron chi connectivity index (χ2n) is 5.80. The molecule has 1 aromatic carbocycles. The number of ether oxygens (including phenoxy) is 3. The number of methoxy groups -OCH3 is 3. The summed E-state index contributed by atoms with van der Waals surface area (Å²) in [5.41, 5.74) is 1.83. The van der Waals surface area contributed by atoms with Crippen molar-refractivity contribution in [2.45, 2.75) is 18.3 Å². The number of thioether (sulfide) groups is 1. The number of pyridine rings is 1. The average molecular weight is 374 g/mol. The van der Waals surface area contributed by atoms with Crippen molar-refractivity contribution in [1.82, 2.24) is 9.88 Å². The molecule has 0 saturated carbocycles. The van der Waals surface area contributed by atoms with Gasteiger partial charge in [-0.15, -0.1) is 11.8 Å². The number of amides is 1. The topological polar surface area (TPSA) is 60.9 Å². The SMILES string of the molecule is COc1cc(OC)c(C2SCCC(=O)N2Cc2cccnc2)c(OC)c1. The van der Waals surface area contributed by atoms with Crippen LogP contribution < -0.4 is 14.2 Å². The van der Waals surface area contributed by atoms with Gasteiger partial charge in [-0.3, -0.25) is 9.78 Å². The summed E-state index contributed by atoms with van der Waals surface area (Å²) in [7, 11) is 4.82. The van der Waals surface area contributed by atoms with Gasteiger partial charge >= 0.3 is 0 Å². The fourth-order valence-corrected chi connectivity index (χ4v) is 4.28. The predicted molar refractivity (Wildman–Crippen MR) is 101 cm³/mol. The first-order chi connectivity index (χ1) is 12.7. The molecule has 6 nitrogen and oxygen atoms in total. The summed E-state index contributed by atoms with van der Waals surface area (Å²) in [6.07, 6.45) is 4.03. The Morgan fingerprint density at radius 2 is 1.92 bits per heavy atom. The predicted octanol–water partition coefficient (Wildman–Crippen LogP) is 3.27. The molecule has 2 aromatic rings. The van der Waals surface area contributed by atoms with Crippen LogP contribution in [0.25, 0.3) is 0 Å². The van der Waals surface area contributed by atoms with E-state index in [4.69, 9.17) is 14.2 Å². The Hall–Kier alpha value is -2.41. The normalized spacial score (nSPS) is 17.1. The number of hydrogen-bond acceptors (Lipinski definition) is 6. The van der Waals surface area contributed by atoms with Crippen LogP contribution >= 0.6 is 11.8 Å². The van der Waals surface area contributed by atoms with Gasteiger partial charge in [0.1, 0.15) is 22.6 Å². The standard InChI is InChI=1S/C19H22N2O4S/c1-23-14-9-15(24-2)18(16(10-14)25-3)19-21(17(22)6-8-26-19)12-13-5-4-7-20-11-13/h4-5,7,9-11,19H,6,8,12H2,1-3H3. The van der Waals surface area contributed by atoms with Gasteiger partial charge in [0, 0.05) is 43.2 Å². The summed E-state index contributed by atoms with van der Waals surface area (Å²) in [5.74, 6) is 2.80. The Balaban J connectivity index is 2.03. The molecule has 0 N–H and O–H groups in total. The van der Waals surface area contributed by atoms with E-state index in [-0.39, 0.29) is 11.3 Å². The first kappa shape index (κ1) is 18.4. The van der Waals surface area contributed by atoms with Gasteiger partial charge in [-0.25, -0.2) is 0 Å². The molecular weight excluding hydrogens is 352 g/mol. The lowest BCUT2D eigenvalue weighted by Gasteiger charge is -2.36. The van der Waals surface area contributed by atoms with Gasteiger partial charge in [-0.1, -0.05) is 6.07 Å². The van der Waals surface area contributed by atoms with Crippen molar-refractivity contribution < 1.29 is 19.0 Å². The van der Waals surface area contributed by atoms with E-state index in [1.54, 1.807) is 45.5 Å². The van der Waals surface area contributed by atoms with E-state index in [1.165, 1.54) is 0 Å². The van der Waals surface area contributed by atoms with Gasteiger partial charge in [0.2, 0.25) is 5.91 Å². The first-order valence-electron chi connectivity index (χ1n) is 8.27. The zero-order valence-corrected chi connectivity index (χ0v) is 15.9. The minimum absolute atomic E-state index is 0.109. The first-order valence-corrected chi connectivity index (χ1v) is 9.32. The fraction of sp³-hybridized carbons (Fsp3) is 0.368. The van der Waals surface area contributed by atoms with Gasteiger partial charge in [-0.2, -0.15) is 0 Å². The summed E-state index contributed by atoms with van der Waals surface area (Å²) in [6, 6.07) is 7.49. The monoisotopic (exact) mass is 374 g/mol. The van der Waals surface area contributed by atoms with E-state index in [0.29, 0.717) is 30.2 Å². The lowest BCUT2D eigenvalue weighted by atomic mass is 10.1. The number of rotatable bonds is 6. The average Bonchev–Trinajstić information content (AvgIpc) is 2.69. The van der Waals surface area contributed by atoms with Crippen LogP contribution in [0.15, 0.2) is 36.7 Å². The Morgan fingerprint density at radius 1 is 1.19 bits per heavy atom. The van der Waals surface area contributed by atoms with Gasteiger partial charge in [0.25, 0.3) is 0 Å². The number of nitrogens with zero attached hydrogens (tertiary/aromatic N) is 2. The molecule has 1 aliphatic rings. The van der Waals surface area contributed by atoms with Crippen molar-refractivity contribution in [3.8, 4) is 17.2 Å². The maximum absolute atomic E-state index is 12.7.